The number of fused-ring (bicyclic) bond motifs is 9. The summed E-state index contributed by atoms with van der Waals surface area (Å²) in [5.41, 5.74) is 24.3. The zero-order valence-corrected chi connectivity index (χ0v) is 77.4. The molecular formula is C115H68Cl3N17S3. The van der Waals surface area contributed by atoms with Gasteiger partial charge in [-0.3, -0.25) is 9.97 Å². The van der Waals surface area contributed by atoms with Crippen LogP contribution >= 0.6 is 68.8 Å². The molecule has 11 aromatic heterocycles. The molecule has 0 atom stereocenters. The summed E-state index contributed by atoms with van der Waals surface area (Å²) in [5.74, 6) is 5.38. The minimum atomic E-state index is 0.218. The SMILES string of the molecule is Clc1nc(-c2ccc(-c3nc(-c4ccc(-c5ccccc5)cc4)nc(-c4ccc(-c5ccccc5)cc4)n3)cc2)c2sc3ccccc3c2n1.Clc1nc(-c2ccc(-c3nc(-c4ccc(-c5ccccn5)cc4)nc(-c4ccc(-c5ccccn5)cc4)n3)cc2)c2sc3ccccc3c2n1.Clc1nc(-c2ccc(-c3nc(-c4ccccc4)nc(-c4ccccc4)n3)cc2)c2sc3ccccc3c2n1. The van der Waals surface area contributed by atoms with E-state index < -0.39 is 0 Å². The van der Waals surface area contributed by atoms with Gasteiger partial charge in [-0.25, -0.2) is 74.8 Å². The number of aromatic nitrogens is 17. The molecule has 14 aromatic carbocycles. The van der Waals surface area contributed by atoms with Crippen molar-refractivity contribution in [2.24, 2.45) is 0 Å². The van der Waals surface area contributed by atoms with E-state index in [0.29, 0.717) is 52.4 Å². The molecule has 25 aromatic rings. The summed E-state index contributed by atoms with van der Waals surface area (Å²) < 4.78 is 6.46. The highest BCUT2D eigenvalue weighted by Crippen LogP contribution is 2.45. The lowest BCUT2D eigenvalue weighted by Gasteiger charge is -2.10. The van der Waals surface area contributed by atoms with Crippen LogP contribution in [0.1, 0.15) is 0 Å². The number of hydrogen-bond donors (Lipinski definition) is 0. The molecule has 23 heteroatoms. The van der Waals surface area contributed by atoms with Crippen molar-refractivity contribution < 1.29 is 0 Å². The van der Waals surface area contributed by atoms with E-state index in [-0.39, 0.29) is 15.9 Å². The Bertz CT molecular complexity index is 8160. The molecule has 0 aliphatic heterocycles. The van der Waals surface area contributed by atoms with E-state index in [2.05, 4.69) is 149 Å². The first-order valence-electron chi connectivity index (χ1n) is 44.2. The number of rotatable bonds is 16. The van der Waals surface area contributed by atoms with Crippen LogP contribution in [0.3, 0.4) is 0 Å². The zero-order valence-electron chi connectivity index (χ0n) is 72.7. The molecule has 0 amide bonds. The van der Waals surface area contributed by atoms with Gasteiger partial charge in [0.05, 0.1) is 59.1 Å². The molecule has 0 radical (unpaired) electrons. The first-order chi connectivity index (χ1) is 68.0. The summed E-state index contributed by atoms with van der Waals surface area (Å²) in [4.78, 5) is 80.9. The highest BCUT2D eigenvalue weighted by molar-refractivity contribution is 7.27. The molecule has 0 saturated carbocycles. The van der Waals surface area contributed by atoms with Crippen molar-refractivity contribution in [2.75, 3.05) is 0 Å². The second kappa shape index (κ2) is 37.9. The monoisotopic (exact) mass is 1890 g/mol. The predicted molar refractivity (Wildman–Crippen MR) is 563 cm³/mol. The van der Waals surface area contributed by atoms with Gasteiger partial charge in [0, 0.05) is 121 Å². The highest BCUT2D eigenvalue weighted by Gasteiger charge is 2.24. The van der Waals surface area contributed by atoms with Gasteiger partial charge in [-0.2, -0.15) is 0 Å². The van der Waals surface area contributed by atoms with Crippen LogP contribution in [0.2, 0.25) is 15.9 Å². The number of halogens is 3. The number of nitrogens with zero attached hydrogens (tertiary/aromatic N) is 17. The predicted octanol–water partition coefficient (Wildman–Crippen LogP) is 30.5. The largest absolute Gasteiger partial charge is 0.256 e. The fraction of sp³-hybridized carbons (Fsp3) is 0. The highest BCUT2D eigenvalue weighted by atomic mass is 35.5. The molecule has 652 valence electrons. The van der Waals surface area contributed by atoms with E-state index in [1.807, 2.05) is 291 Å². The summed E-state index contributed by atoms with van der Waals surface area (Å²) in [7, 11) is 0. The number of thiophene rings is 3. The molecule has 11 heterocycles. The van der Waals surface area contributed by atoms with Crippen molar-refractivity contribution in [2.45, 2.75) is 0 Å². The standard InChI is InChI=1S/C43H26ClN5S.C41H24ClN7S.C31H18ClN5S/c44-43-45-37(39-38(46-43)35-13-7-8-14-36(35)50-39)31-19-25-34(26-20-31)42-48-40(32-21-15-29(16-22-32)27-9-3-1-4-10-27)47-41(49-42)33-23-17-30(18-24-33)28-11-5-2-6-12-28;42-41-45-35(37-36(46-41)31-7-1-2-10-34(31)50-37)27-15-21-30(22-16-27)40-48-38(28-17-11-25(12-18-28)32-8-3-5-23-43-32)47-39(49-40)29-19-13-26(14-20-29)33-9-4-6-24-44-33;32-31-33-25(27-26(34-31)23-13-7-8-14-24(23)38-27)19-15-17-22(18-16-19)30-36-28(20-9-3-1-4-10-20)35-29(37-30)21-11-5-2-6-12-21/h1-26H;1-24H;1-18H. The normalized spacial score (nSPS) is 11.3. The fourth-order valence-corrected chi connectivity index (χ4v) is 20.6. The Balaban J connectivity index is 0.000000117. The molecule has 0 N–H and O–H groups in total. The third-order valence-electron chi connectivity index (χ3n) is 23.5. The second-order valence-corrected chi connectivity index (χ2v) is 36.4. The summed E-state index contributed by atoms with van der Waals surface area (Å²) in [5, 5.41) is 3.91. The molecule has 0 unspecified atom stereocenters. The summed E-state index contributed by atoms with van der Waals surface area (Å²) in [6, 6.07) is 134. The van der Waals surface area contributed by atoms with Gasteiger partial charge >= 0.3 is 0 Å². The lowest BCUT2D eigenvalue weighted by molar-refractivity contribution is 1.07. The Morgan fingerprint density at radius 1 is 0.152 bits per heavy atom. The number of benzene rings is 14. The van der Waals surface area contributed by atoms with E-state index in [1.54, 1.807) is 46.4 Å². The molecule has 25 rings (SSSR count). The van der Waals surface area contributed by atoms with Gasteiger partial charge in [-0.15, -0.1) is 34.0 Å². The summed E-state index contributed by atoms with van der Waals surface area (Å²) in [6.07, 6.45) is 3.59. The van der Waals surface area contributed by atoms with E-state index >= 15 is 0 Å². The molecule has 138 heavy (non-hydrogen) atoms. The van der Waals surface area contributed by atoms with Gasteiger partial charge in [0.1, 0.15) is 0 Å². The van der Waals surface area contributed by atoms with Crippen LogP contribution in [0.25, 0.3) is 242 Å². The smallest absolute Gasteiger partial charge is 0.223 e. The maximum atomic E-state index is 6.45. The minimum absolute atomic E-state index is 0.218. The van der Waals surface area contributed by atoms with Crippen molar-refractivity contribution in [3.63, 3.8) is 0 Å². The topological polar surface area (TPSA) is 219 Å². The Labute approximate surface area is 817 Å². The van der Waals surface area contributed by atoms with Crippen molar-refractivity contribution in [3.8, 4) is 181 Å². The summed E-state index contributed by atoms with van der Waals surface area (Å²) in [6.45, 7) is 0. The van der Waals surface area contributed by atoms with Crippen LogP contribution in [0, 0.1) is 0 Å². The minimum Gasteiger partial charge on any atom is -0.256 e. The van der Waals surface area contributed by atoms with Crippen LogP contribution < -0.4 is 0 Å². The quantitative estimate of drug-likeness (QED) is 0.0821. The molecule has 0 spiro atoms. The van der Waals surface area contributed by atoms with Gasteiger partial charge in [0.25, 0.3) is 0 Å². The molecule has 17 nitrogen and oxygen atoms in total. The fourth-order valence-electron chi connectivity index (χ4n) is 16.6. The second-order valence-electron chi connectivity index (χ2n) is 32.2. The van der Waals surface area contributed by atoms with Gasteiger partial charge in [-0.05, 0) is 99.5 Å². The van der Waals surface area contributed by atoms with E-state index in [4.69, 9.17) is 79.7 Å². The lowest BCUT2D eigenvalue weighted by atomic mass is 10.0. The van der Waals surface area contributed by atoms with Crippen molar-refractivity contribution in [3.05, 3.63) is 429 Å². The Kier molecular flexibility index (Phi) is 23.5. The molecule has 0 aliphatic rings. The Morgan fingerprint density at radius 2 is 0.341 bits per heavy atom. The van der Waals surface area contributed by atoms with Gasteiger partial charge in [-0.1, -0.05) is 358 Å². The van der Waals surface area contributed by atoms with Crippen LogP contribution in [0.5, 0.6) is 0 Å². The number of hydrogen-bond acceptors (Lipinski definition) is 20. The first kappa shape index (κ1) is 85.4. The third kappa shape index (κ3) is 17.8. The van der Waals surface area contributed by atoms with Crippen molar-refractivity contribution >= 4 is 130 Å². The van der Waals surface area contributed by atoms with Gasteiger partial charge in [0.2, 0.25) is 15.9 Å². The molecule has 0 aliphatic carbocycles. The van der Waals surface area contributed by atoms with E-state index in [1.165, 1.54) is 0 Å². The van der Waals surface area contributed by atoms with Crippen LogP contribution in [0.15, 0.2) is 413 Å². The molecule has 0 fully saturated rings. The average Bonchev–Trinajstić information content (AvgIpc) is 1.61. The van der Waals surface area contributed by atoms with Crippen LogP contribution in [0.4, 0.5) is 0 Å². The van der Waals surface area contributed by atoms with E-state index in [0.717, 1.165) is 190 Å². The van der Waals surface area contributed by atoms with Gasteiger partial charge < -0.3 is 0 Å². The molecule has 0 saturated heterocycles. The lowest BCUT2D eigenvalue weighted by Crippen LogP contribution is -2.00. The molecular weight excluding hydrogens is 1820 g/mol. The van der Waals surface area contributed by atoms with E-state index in [9.17, 15) is 0 Å². The van der Waals surface area contributed by atoms with Crippen LogP contribution in [-0.4, -0.2) is 84.7 Å². The Hall–Kier alpha value is -16.8. The maximum absolute atomic E-state index is 6.45. The Morgan fingerprint density at radius 3 is 0.580 bits per heavy atom. The maximum Gasteiger partial charge on any atom is 0.223 e. The van der Waals surface area contributed by atoms with Crippen LogP contribution in [-0.2, 0) is 0 Å². The zero-order chi connectivity index (χ0) is 92.4. The summed E-state index contributed by atoms with van der Waals surface area (Å²) >= 11 is 24.3. The average molecular weight is 1890 g/mol. The molecule has 0 bridgehead atoms. The van der Waals surface area contributed by atoms with Gasteiger partial charge in [0.15, 0.2) is 52.4 Å². The third-order valence-corrected chi connectivity index (χ3v) is 27.5. The van der Waals surface area contributed by atoms with Crippen molar-refractivity contribution in [1.82, 2.24) is 84.7 Å². The first-order valence-corrected chi connectivity index (χ1v) is 47.7. The van der Waals surface area contributed by atoms with Crippen molar-refractivity contribution in [1.29, 1.82) is 0 Å². The number of pyridine rings is 2.